The lowest BCUT2D eigenvalue weighted by atomic mass is 10.1. The van der Waals surface area contributed by atoms with Crippen molar-refractivity contribution in [3.63, 3.8) is 0 Å². The first kappa shape index (κ1) is 37.0. The summed E-state index contributed by atoms with van der Waals surface area (Å²) in [7, 11) is 0. The number of thiol groups is 1. The van der Waals surface area contributed by atoms with E-state index in [0.29, 0.717) is 13.2 Å². The van der Waals surface area contributed by atoms with Crippen molar-refractivity contribution >= 4 is 29.7 Å². The van der Waals surface area contributed by atoms with Crippen LogP contribution in [0.2, 0.25) is 0 Å². The van der Waals surface area contributed by atoms with Crippen LogP contribution in [-0.2, 0) is 20.9 Å². The molecule has 34 heavy (non-hydrogen) atoms. The first-order valence-corrected chi connectivity index (χ1v) is 18.4. The molecule has 0 unspecified atom stereocenters. The Balaban J connectivity index is 0. The second-order valence-electron chi connectivity index (χ2n) is 10.6. The molecule has 0 bridgehead atoms. The Hall–Kier alpha value is 0.880. The molecule has 6 heteroatoms. The standard InChI is InChI=1S/C16H35O2PS2.C12H27N/c1-15(2)11-7-5-9-13-17-19(20,21)18-14-10-6-8-12-16(3)4;1-2-3-4-5-6-7-8-9-10-11-12-13/h15-16H,5-14H2,1-4H3,(H,20,21);2-13H2,1H3. The van der Waals surface area contributed by atoms with Gasteiger partial charge in [-0.2, -0.15) is 0 Å². The van der Waals surface area contributed by atoms with E-state index in [9.17, 15) is 0 Å². The van der Waals surface area contributed by atoms with Gasteiger partial charge in [0.15, 0.2) is 0 Å². The summed E-state index contributed by atoms with van der Waals surface area (Å²) < 4.78 is 11.3. The van der Waals surface area contributed by atoms with Crippen LogP contribution in [0.15, 0.2) is 0 Å². The van der Waals surface area contributed by atoms with Gasteiger partial charge in [0.05, 0.1) is 13.2 Å². The van der Waals surface area contributed by atoms with Gasteiger partial charge in [0.25, 0.3) is 0 Å². The van der Waals surface area contributed by atoms with Crippen molar-refractivity contribution in [3.05, 3.63) is 0 Å². The van der Waals surface area contributed by atoms with Crippen LogP contribution in [0.1, 0.15) is 150 Å². The molecule has 0 aromatic carbocycles. The molecule has 0 aromatic heterocycles. The largest absolute Gasteiger partial charge is 0.330 e. The summed E-state index contributed by atoms with van der Waals surface area (Å²) in [6, 6.07) is 0. The Bertz CT molecular complexity index is 403. The zero-order valence-corrected chi connectivity index (χ0v) is 26.3. The molecule has 3 nitrogen and oxygen atoms in total. The molecule has 0 aliphatic heterocycles. The number of hydrogen-bond donors (Lipinski definition) is 2. The molecule has 0 rings (SSSR count). The van der Waals surface area contributed by atoms with Gasteiger partial charge in [-0.25, -0.2) is 0 Å². The summed E-state index contributed by atoms with van der Waals surface area (Å²) in [6.07, 6.45) is 23.6. The van der Waals surface area contributed by atoms with E-state index in [4.69, 9.17) is 26.6 Å². The number of unbranched alkanes of at least 4 members (excludes halogenated alkanes) is 13. The van der Waals surface area contributed by atoms with E-state index in [1.807, 2.05) is 0 Å². The van der Waals surface area contributed by atoms with Crippen LogP contribution in [0.5, 0.6) is 0 Å². The van der Waals surface area contributed by atoms with E-state index in [0.717, 1.165) is 31.2 Å². The Morgan fingerprint density at radius 3 is 1.32 bits per heavy atom. The topological polar surface area (TPSA) is 44.5 Å². The van der Waals surface area contributed by atoms with Gasteiger partial charge in [-0.15, -0.1) is 0 Å². The molecule has 0 radical (unpaired) electrons. The molecule has 0 amide bonds. The lowest BCUT2D eigenvalue weighted by molar-refractivity contribution is 0.249. The smallest absolute Gasteiger partial charge is 0.244 e. The summed E-state index contributed by atoms with van der Waals surface area (Å²) in [4.78, 5) is 0. The summed E-state index contributed by atoms with van der Waals surface area (Å²) in [6.45, 7) is 13.6. The Morgan fingerprint density at radius 2 is 0.971 bits per heavy atom. The molecule has 0 aliphatic carbocycles. The quantitative estimate of drug-likeness (QED) is 0.0727. The minimum absolute atomic E-state index is 0.687. The van der Waals surface area contributed by atoms with Crippen LogP contribution in [-0.4, -0.2) is 19.8 Å². The third-order valence-corrected chi connectivity index (χ3v) is 8.26. The molecule has 2 N–H and O–H groups in total. The summed E-state index contributed by atoms with van der Waals surface area (Å²) >= 11 is 9.70. The third kappa shape index (κ3) is 35.0. The highest BCUT2D eigenvalue weighted by atomic mass is 32.9. The second kappa shape index (κ2) is 28.5. The maximum atomic E-state index is 5.65. The van der Waals surface area contributed by atoms with Crippen molar-refractivity contribution in [2.24, 2.45) is 17.6 Å². The minimum atomic E-state index is -2.30. The van der Waals surface area contributed by atoms with Gasteiger partial charge in [0, 0.05) is 0 Å². The van der Waals surface area contributed by atoms with Crippen LogP contribution in [0.4, 0.5) is 0 Å². The average Bonchev–Trinajstić information content (AvgIpc) is 2.77. The highest BCUT2D eigenvalue weighted by molar-refractivity contribution is 8.60. The molecule has 0 saturated heterocycles. The van der Waals surface area contributed by atoms with Crippen LogP contribution in [0.25, 0.3) is 0 Å². The van der Waals surface area contributed by atoms with Crippen molar-refractivity contribution in [3.8, 4) is 0 Å². The van der Waals surface area contributed by atoms with E-state index in [1.54, 1.807) is 0 Å². The van der Waals surface area contributed by atoms with Crippen molar-refractivity contribution in [1.82, 2.24) is 0 Å². The predicted octanol–water partition coefficient (Wildman–Crippen LogP) is 10.5. The van der Waals surface area contributed by atoms with Crippen molar-refractivity contribution in [2.45, 2.75) is 150 Å². The SMILES string of the molecule is CC(C)CCCCCOP(=S)(S)OCCCCCC(C)C.CCCCCCCCCCCCN. The van der Waals surface area contributed by atoms with E-state index in [1.165, 1.54) is 103 Å². The van der Waals surface area contributed by atoms with E-state index in [-0.39, 0.29) is 0 Å². The Kier molecular flexibility index (Phi) is 31.0. The molecule has 0 spiro atoms. The fraction of sp³-hybridized carbons (Fsp3) is 1.00. The van der Waals surface area contributed by atoms with Crippen LogP contribution in [0, 0.1) is 11.8 Å². The van der Waals surface area contributed by atoms with Crippen molar-refractivity contribution in [1.29, 1.82) is 0 Å². The Morgan fingerprint density at radius 1 is 0.618 bits per heavy atom. The van der Waals surface area contributed by atoms with Gasteiger partial charge in [-0.1, -0.05) is 143 Å². The first-order chi connectivity index (χ1) is 16.2. The van der Waals surface area contributed by atoms with Gasteiger partial charge in [0.1, 0.15) is 0 Å². The van der Waals surface area contributed by atoms with Gasteiger partial charge in [-0.3, -0.25) is 0 Å². The molecule has 0 atom stereocenters. The number of rotatable bonds is 24. The fourth-order valence-electron chi connectivity index (χ4n) is 3.69. The zero-order chi connectivity index (χ0) is 25.9. The van der Waals surface area contributed by atoms with Gasteiger partial charge in [0.2, 0.25) is 5.69 Å². The second-order valence-corrected chi connectivity index (χ2v) is 15.9. The van der Waals surface area contributed by atoms with Gasteiger partial charge < -0.3 is 14.8 Å². The first-order valence-electron chi connectivity index (χ1n) is 14.6. The predicted molar refractivity (Wildman–Crippen MR) is 163 cm³/mol. The van der Waals surface area contributed by atoms with Crippen LogP contribution in [0.3, 0.4) is 0 Å². The Labute approximate surface area is 225 Å². The maximum Gasteiger partial charge on any atom is 0.244 e. The van der Waals surface area contributed by atoms with Crippen LogP contribution >= 0.6 is 17.9 Å². The molecule has 0 aliphatic rings. The minimum Gasteiger partial charge on any atom is -0.330 e. The number of nitrogens with two attached hydrogens (primary N) is 1. The van der Waals surface area contributed by atoms with E-state index < -0.39 is 5.69 Å². The van der Waals surface area contributed by atoms with Crippen LogP contribution < -0.4 is 5.73 Å². The van der Waals surface area contributed by atoms with E-state index in [2.05, 4.69) is 46.9 Å². The van der Waals surface area contributed by atoms with Gasteiger partial charge in [-0.05, 0) is 49.4 Å². The van der Waals surface area contributed by atoms with Crippen molar-refractivity contribution in [2.75, 3.05) is 19.8 Å². The average molecular weight is 540 g/mol. The molecule has 0 heterocycles. The van der Waals surface area contributed by atoms with Crippen molar-refractivity contribution < 1.29 is 9.05 Å². The highest BCUT2D eigenvalue weighted by Crippen LogP contribution is 2.53. The van der Waals surface area contributed by atoms with Gasteiger partial charge >= 0.3 is 0 Å². The summed E-state index contributed by atoms with van der Waals surface area (Å²) in [5, 5.41) is 0. The summed E-state index contributed by atoms with van der Waals surface area (Å²) in [5.41, 5.74) is 3.12. The molecular weight excluding hydrogens is 477 g/mol. The lowest BCUT2D eigenvalue weighted by Gasteiger charge is -2.16. The molecule has 0 aromatic rings. The molecular formula is C28H62NO2PS2. The maximum absolute atomic E-state index is 5.65. The lowest BCUT2D eigenvalue weighted by Crippen LogP contribution is -1.97. The third-order valence-electron chi connectivity index (χ3n) is 5.92. The fourth-order valence-corrected chi connectivity index (χ4v) is 5.42. The van der Waals surface area contributed by atoms with E-state index >= 15 is 0 Å². The molecule has 0 saturated carbocycles. The molecule has 0 fully saturated rings. The monoisotopic (exact) mass is 539 g/mol. The molecule has 208 valence electrons. The zero-order valence-electron chi connectivity index (χ0n) is 23.7. The number of hydrogen-bond acceptors (Lipinski definition) is 4. The normalized spacial score (nSPS) is 11.8. The highest BCUT2D eigenvalue weighted by Gasteiger charge is 2.12. The summed E-state index contributed by atoms with van der Waals surface area (Å²) in [5.74, 6) is 1.58.